The van der Waals surface area contributed by atoms with Crippen molar-refractivity contribution in [2.75, 3.05) is 32.2 Å². The van der Waals surface area contributed by atoms with Crippen LogP contribution >= 0.6 is 0 Å². The van der Waals surface area contributed by atoms with Gasteiger partial charge in [0.15, 0.2) is 0 Å². The molecule has 1 unspecified atom stereocenters. The maximum atomic E-state index is 5.73. The Bertz CT molecular complexity index is 597. The third-order valence-corrected chi connectivity index (χ3v) is 3.93. The molecule has 110 valence electrons. The second-order valence-electron chi connectivity index (χ2n) is 5.33. The van der Waals surface area contributed by atoms with Gasteiger partial charge in [0.05, 0.1) is 13.2 Å². The minimum absolute atomic E-state index is 0.414. The number of rotatable bonds is 6. The molecule has 0 radical (unpaired) electrons. The molecule has 0 aromatic heterocycles. The summed E-state index contributed by atoms with van der Waals surface area (Å²) in [6.07, 6.45) is 0.928. The number of hydrogen-bond donors (Lipinski definition) is 1. The van der Waals surface area contributed by atoms with E-state index in [0.717, 1.165) is 31.9 Å². The molecule has 1 aliphatic rings. The molecule has 2 aromatic carbocycles. The van der Waals surface area contributed by atoms with Gasteiger partial charge in [0, 0.05) is 30.8 Å². The zero-order valence-electron chi connectivity index (χ0n) is 12.3. The maximum absolute atomic E-state index is 5.73. The zero-order chi connectivity index (χ0) is 14.5. The summed E-state index contributed by atoms with van der Waals surface area (Å²) < 4.78 is 10.9. The van der Waals surface area contributed by atoms with Crippen molar-refractivity contribution in [3.63, 3.8) is 0 Å². The number of ether oxygens (including phenoxy) is 2. The zero-order valence-corrected chi connectivity index (χ0v) is 12.3. The van der Waals surface area contributed by atoms with Gasteiger partial charge in [0.25, 0.3) is 0 Å². The van der Waals surface area contributed by atoms with E-state index in [4.69, 9.17) is 9.47 Å². The van der Waals surface area contributed by atoms with Crippen LogP contribution in [0.4, 0.5) is 5.69 Å². The Kier molecular flexibility index (Phi) is 4.41. The van der Waals surface area contributed by atoms with Crippen molar-refractivity contribution in [2.45, 2.75) is 12.3 Å². The first-order valence-corrected chi connectivity index (χ1v) is 7.41. The Hall–Kier alpha value is -2.00. The Morgan fingerprint density at radius 1 is 1.14 bits per heavy atom. The molecule has 0 saturated heterocycles. The Balaban J connectivity index is 1.66. The van der Waals surface area contributed by atoms with Crippen molar-refractivity contribution >= 4 is 5.69 Å². The van der Waals surface area contributed by atoms with Crippen LogP contribution in [0.15, 0.2) is 48.5 Å². The van der Waals surface area contributed by atoms with E-state index in [0.29, 0.717) is 5.92 Å². The summed E-state index contributed by atoms with van der Waals surface area (Å²) in [4.78, 5) is 0. The molecule has 0 fully saturated rings. The molecule has 0 aliphatic carbocycles. The number of benzene rings is 2. The van der Waals surface area contributed by atoms with Gasteiger partial charge in [-0.3, -0.25) is 0 Å². The standard InChI is InChI=1S/C18H21NO2/c1-20-11-10-14-6-2-4-8-17(14)19-12-15-13-21-18-9-5-3-7-16(15)18/h2-9,15,19H,10-13H2,1H3. The molecule has 1 atom stereocenters. The van der Waals surface area contributed by atoms with Gasteiger partial charge in [-0.25, -0.2) is 0 Å². The molecule has 21 heavy (non-hydrogen) atoms. The lowest BCUT2D eigenvalue weighted by Gasteiger charge is -2.15. The minimum atomic E-state index is 0.414. The topological polar surface area (TPSA) is 30.5 Å². The summed E-state index contributed by atoms with van der Waals surface area (Å²) in [5, 5.41) is 3.57. The number of methoxy groups -OCH3 is 1. The maximum Gasteiger partial charge on any atom is 0.122 e. The monoisotopic (exact) mass is 283 g/mol. The fourth-order valence-electron chi connectivity index (χ4n) is 2.75. The number of fused-ring (bicyclic) bond motifs is 1. The van der Waals surface area contributed by atoms with Crippen LogP contribution in [0.5, 0.6) is 5.75 Å². The van der Waals surface area contributed by atoms with Crippen molar-refractivity contribution < 1.29 is 9.47 Å². The molecule has 3 rings (SSSR count). The lowest BCUT2D eigenvalue weighted by atomic mass is 10.0. The molecule has 0 amide bonds. The van der Waals surface area contributed by atoms with Crippen LogP contribution < -0.4 is 10.1 Å². The average Bonchev–Trinajstić information content (AvgIpc) is 2.95. The van der Waals surface area contributed by atoms with E-state index in [9.17, 15) is 0 Å². The fraction of sp³-hybridized carbons (Fsp3) is 0.333. The second-order valence-corrected chi connectivity index (χ2v) is 5.33. The van der Waals surface area contributed by atoms with Crippen LogP contribution in [0.1, 0.15) is 17.0 Å². The van der Waals surface area contributed by atoms with Gasteiger partial charge in [-0.15, -0.1) is 0 Å². The Labute approximate surface area is 125 Å². The molecule has 0 saturated carbocycles. The van der Waals surface area contributed by atoms with Crippen LogP contribution in [-0.2, 0) is 11.2 Å². The van der Waals surface area contributed by atoms with Gasteiger partial charge in [0.2, 0.25) is 0 Å². The molecular formula is C18H21NO2. The van der Waals surface area contributed by atoms with Gasteiger partial charge in [-0.1, -0.05) is 36.4 Å². The van der Waals surface area contributed by atoms with E-state index in [1.807, 2.05) is 12.1 Å². The predicted octanol–water partition coefficient (Wildman–Crippen LogP) is 3.46. The van der Waals surface area contributed by atoms with Crippen molar-refractivity contribution in [1.82, 2.24) is 0 Å². The summed E-state index contributed by atoms with van der Waals surface area (Å²) in [6.45, 7) is 2.39. The fourth-order valence-corrected chi connectivity index (χ4v) is 2.75. The minimum Gasteiger partial charge on any atom is -0.493 e. The van der Waals surface area contributed by atoms with Crippen LogP contribution in [0, 0.1) is 0 Å². The number of para-hydroxylation sites is 2. The number of anilines is 1. The van der Waals surface area contributed by atoms with E-state index >= 15 is 0 Å². The van der Waals surface area contributed by atoms with E-state index < -0.39 is 0 Å². The van der Waals surface area contributed by atoms with E-state index in [1.165, 1.54) is 16.8 Å². The van der Waals surface area contributed by atoms with Gasteiger partial charge in [-0.05, 0) is 24.1 Å². The molecule has 3 heteroatoms. The Morgan fingerprint density at radius 3 is 2.86 bits per heavy atom. The lowest BCUT2D eigenvalue weighted by Crippen LogP contribution is -2.15. The molecule has 1 heterocycles. The average molecular weight is 283 g/mol. The summed E-state index contributed by atoms with van der Waals surface area (Å²) in [6, 6.07) is 16.7. The predicted molar refractivity (Wildman–Crippen MR) is 85.2 cm³/mol. The lowest BCUT2D eigenvalue weighted by molar-refractivity contribution is 0.202. The van der Waals surface area contributed by atoms with Crippen molar-refractivity contribution in [1.29, 1.82) is 0 Å². The molecular weight excluding hydrogens is 262 g/mol. The summed E-state index contributed by atoms with van der Waals surface area (Å²) in [5.74, 6) is 1.44. The molecule has 0 bridgehead atoms. The number of nitrogens with one attached hydrogen (secondary N) is 1. The first-order chi connectivity index (χ1) is 10.4. The summed E-state index contributed by atoms with van der Waals surface area (Å²) in [5.41, 5.74) is 3.80. The highest BCUT2D eigenvalue weighted by Gasteiger charge is 2.23. The second kappa shape index (κ2) is 6.64. The van der Waals surface area contributed by atoms with Crippen molar-refractivity contribution in [3.05, 3.63) is 59.7 Å². The highest BCUT2D eigenvalue weighted by atomic mass is 16.5. The van der Waals surface area contributed by atoms with Crippen LogP contribution in [0.3, 0.4) is 0 Å². The third kappa shape index (κ3) is 3.19. The summed E-state index contributed by atoms with van der Waals surface area (Å²) in [7, 11) is 1.74. The van der Waals surface area contributed by atoms with Crippen molar-refractivity contribution in [2.24, 2.45) is 0 Å². The normalized spacial score (nSPS) is 16.3. The van der Waals surface area contributed by atoms with E-state index in [-0.39, 0.29) is 0 Å². The first-order valence-electron chi connectivity index (χ1n) is 7.41. The van der Waals surface area contributed by atoms with E-state index in [1.54, 1.807) is 7.11 Å². The highest BCUT2D eigenvalue weighted by Crippen LogP contribution is 2.33. The molecule has 1 N–H and O–H groups in total. The molecule has 2 aromatic rings. The molecule has 1 aliphatic heterocycles. The SMILES string of the molecule is COCCc1ccccc1NCC1COc2ccccc21. The summed E-state index contributed by atoms with van der Waals surface area (Å²) >= 11 is 0. The van der Waals surface area contributed by atoms with Gasteiger partial charge in [0.1, 0.15) is 5.75 Å². The van der Waals surface area contributed by atoms with Crippen molar-refractivity contribution in [3.8, 4) is 5.75 Å². The highest BCUT2D eigenvalue weighted by molar-refractivity contribution is 5.52. The quantitative estimate of drug-likeness (QED) is 0.880. The Morgan fingerprint density at radius 2 is 1.95 bits per heavy atom. The number of hydrogen-bond acceptors (Lipinski definition) is 3. The first kappa shape index (κ1) is 14.0. The van der Waals surface area contributed by atoms with Crippen LogP contribution in [-0.4, -0.2) is 26.9 Å². The smallest absolute Gasteiger partial charge is 0.122 e. The van der Waals surface area contributed by atoms with Gasteiger partial charge < -0.3 is 14.8 Å². The molecule has 3 nitrogen and oxygen atoms in total. The third-order valence-electron chi connectivity index (χ3n) is 3.93. The van der Waals surface area contributed by atoms with E-state index in [2.05, 4.69) is 41.7 Å². The van der Waals surface area contributed by atoms with Crippen LogP contribution in [0.25, 0.3) is 0 Å². The largest absolute Gasteiger partial charge is 0.493 e. The molecule has 0 spiro atoms. The van der Waals surface area contributed by atoms with Crippen LogP contribution in [0.2, 0.25) is 0 Å². The van der Waals surface area contributed by atoms with Gasteiger partial charge in [-0.2, -0.15) is 0 Å². The van der Waals surface area contributed by atoms with Gasteiger partial charge >= 0.3 is 0 Å².